The van der Waals surface area contributed by atoms with E-state index < -0.39 is 20.7 Å². The summed E-state index contributed by atoms with van der Waals surface area (Å²) in [5.74, 6) is -1.12. The van der Waals surface area contributed by atoms with Gasteiger partial charge in [0.2, 0.25) is 8.87 Å². The van der Waals surface area contributed by atoms with Crippen LogP contribution in [0.4, 0.5) is 11.4 Å². The number of nitrogens with zero attached hydrogens (tertiary/aromatic N) is 3. The maximum Gasteiger partial charge on any atom is 0.267 e. The van der Waals surface area contributed by atoms with Crippen LogP contribution < -0.4 is 22.5 Å². The van der Waals surface area contributed by atoms with Gasteiger partial charge in [-0.1, -0.05) is 66.4 Å². The fourth-order valence-corrected chi connectivity index (χ4v) is 7.40. The van der Waals surface area contributed by atoms with Gasteiger partial charge in [-0.2, -0.15) is 0 Å². The SMILES string of the molecule is CC(C)(C)N=C(Nc1ccnc(C(N)=O)c1)Sc1ccccc1.NC(=O)c1cc(N)ccn1.O=S(=O)(Sc1ccccc1)c1ccccc1. The van der Waals surface area contributed by atoms with Gasteiger partial charge in [0.05, 0.1) is 10.4 Å². The van der Waals surface area contributed by atoms with E-state index in [-0.39, 0.29) is 16.9 Å². The van der Waals surface area contributed by atoms with Crippen LogP contribution in [0.2, 0.25) is 0 Å². The Bertz CT molecular complexity index is 1960. The van der Waals surface area contributed by atoms with Crippen molar-refractivity contribution in [2.45, 2.75) is 41.0 Å². The van der Waals surface area contributed by atoms with E-state index in [1.807, 2.05) is 69.3 Å². The van der Waals surface area contributed by atoms with Crippen LogP contribution in [0.3, 0.4) is 0 Å². The molecule has 5 rings (SSSR count). The Balaban J connectivity index is 0.000000216. The molecule has 11 nitrogen and oxygen atoms in total. The minimum atomic E-state index is -3.30. The van der Waals surface area contributed by atoms with Crippen molar-refractivity contribution < 1.29 is 18.0 Å². The summed E-state index contributed by atoms with van der Waals surface area (Å²) in [6, 6.07) is 33.9. The standard InChI is InChI=1S/C17H20N4OS.C12H10O2S2.C6H7N3O/c1-17(2,3)21-16(23-13-7-5-4-6-8-13)20-12-9-10-19-14(11-12)15(18)22;13-16(14,12-9-5-2-6-10-12)15-11-7-3-1-4-8-11;7-4-1-2-9-5(3-4)6(8)10/h4-11H,1-3H3,(H2,18,22)(H,19,20,21);1-10H;1-3H,(H2,7,9)(H2,8,10). The van der Waals surface area contributed by atoms with Crippen molar-refractivity contribution in [1.82, 2.24) is 9.97 Å². The third-order valence-electron chi connectivity index (χ3n) is 5.68. The van der Waals surface area contributed by atoms with E-state index in [0.29, 0.717) is 10.6 Å². The number of carbonyl (C=O) groups is 2. The van der Waals surface area contributed by atoms with E-state index in [2.05, 4.69) is 15.3 Å². The monoisotopic (exact) mass is 715 g/mol. The lowest BCUT2D eigenvalue weighted by molar-refractivity contribution is 0.0987. The summed E-state index contributed by atoms with van der Waals surface area (Å²) in [5.41, 5.74) is 16.9. The molecule has 2 aromatic heterocycles. The lowest BCUT2D eigenvalue weighted by atomic mass is 10.1. The van der Waals surface area contributed by atoms with E-state index in [9.17, 15) is 18.0 Å². The number of carbonyl (C=O) groups excluding carboxylic acids is 2. The number of amidine groups is 1. The molecule has 2 heterocycles. The highest BCUT2D eigenvalue weighted by Gasteiger charge is 2.15. The average molecular weight is 716 g/mol. The van der Waals surface area contributed by atoms with Crippen molar-refractivity contribution in [3.63, 3.8) is 0 Å². The van der Waals surface area contributed by atoms with Gasteiger partial charge in [-0.25, -0.2) is 8.42 Å². The van der Waals surface area contributed by atoms with E-state index in [1.165, 1.54) is 24.0 Å². The molecular formula is C35H37N7O4S3. The number of primary amides is 2. The van der Waals surface area contributed by atoms with Crippen LogP contribution in [-0.4, -0.2) is 40.9 Å². The van der Waals surface area contributed by atoms with Gasteiger partial charge in [-0.15, -0.1) is 0 Å². The molecule has 7 N–H and O–H groups in total. The number of amides is 2. The topological polar surface area (TPSA) is 197 Å². The molecule has 3 aromatic carbocycles. The Morgan fingerprint density at radius 2 is 1.20 bits per heavy atom. The summed E-state index contributed by atoms with van der Waals surface area (Å²) in [6.07, 6.45) is 2.99. The molecule has 14 heteroatoms. The zero-order chi connectivity index (χ0) is 35.9. The van der Waals surface area contributed by atoms with Crippen molar-refractivity contribution in [3.05, 3.63) is 139 Å². The molecule has 0 aliphatic carbocycles. The second-order valence-corrected chi connectivity index (χ2v) is 15.8. The summed E-state index contributed by atoms with van der Waals surface area (Å²) in [5, 5.41) is 3.99. The van der Waals surface area contributed by atoms with Crippen molar-refractivity contribution in [3.8, 4) is 0 Å². The quantitative estimate of drug-likeness (QED) is 0.0627. The zero-order valence-corrected chi connectivity index (χ0v) is 29.5. The Kier molecular flexibility index (Phi) is 14.4. The zero-order valence-electron chi connectivity index (χ0n) is 27.1. The Morgan fingerprint density at radius 3 is 1.69 bits per heavy atom. The highest BCUT2D eigenvalue weighted by molar-refractivity contribution is 8.72. The second-order valence-electron chi connectivity index (χ2n) is 10.9. The number of thioether (sulfide) groups is 1. The van der Waals surface area contributed by atoms with Crippen LogP contribution in [-0.2, 0) is 8.87 Å². The van der Waals surface area contributed by atoms with Crippen LogP contribution in [0.1, 0.15) is 41.7 Å². The molecule has 0 saturated carbocycles. The van der Waals surface area contributed by atoms with Crippen molar-refractivity contribution in [1.29, 1.82) is 0 Å². The van der Waals surface area contributed by atoms with Crippen LogP contribution in [0, 0.1) is 0 Å². The van der Waals surface area contributed by atoms with Crippen molar-refractivity contribution in [2.24, 2.45) is 16.5 Å². The number of anilines is 2. The largest absolute Gasteiger partial charge is 0.399 e. The fourth-order valence-electron chi connectivity index (χ4n) is 3.57. The average Bonchev–Trinajstić information content (AvgIpc) is 3.06. The maximum absolute atomic E-state index is 12.0. The lowest BCUT2D eigenvalue weighted by Gasteiger charge is -2.17. The molecule has 0 spiro atoms. The molecule has 2 amide bonds. The normalized spacial score (nSPS) is 11.2. The van der Waals surface area contributed by atoms with E-state index in [0.717, 1.165) is 31.4 Å². The first kappa shape index (κ1) is 38.3. The molecular weight excluding hydrogens is 679 g/mol. The number of hydrogen-bond acceptors (Lipinski definition) is 10. The molecule has 0 saturated heterocycles. The first-order valence-electron chi connectivity index (χ1n) is 14.6. The number of pyridine rings is 2. The smallest absolute Gasteiger partial charge is 0.267 e. The van der Waals surface area contributed by atoms with Gasteiger partial charge >= 0.3 is 0 Å². The summed E-state index contributed by atoms with van der Waals surface area (Å²) in [4.78, 5) is 36.2. The minimum Gasteiger partial charge on any atom is -0.399 e. The summed E-state index contributed by atoms with van der Waals surface area (Å²) in [7, 11) is -2.43. The van der Waals surface area contributed by atoms with E-state index in [4.69, 9.17) is 22.2 Å². The third kappa shape index (κ3) is 14.2. The molecule has 0 atom stereocenters. The number of nitrogens with two attached hydrogens (primary N) is 3. The number of rotatable bonds is 7. The molecule has 254 valence electrons. The second kappa shape index (κ2) is 18.4. The molecule has 0 radical (unpaired) electrons. The van der Waals surface area contributed by atoms with Gasteiger partial charge in [-0.05, 0) is 81.4 Å². The first-order chi connectivity index (χ1) is 23.2. The lowest BCUT2D eigenvalue weighted by Crippen LogP contribution is -2.18. The minimum absolute atomic E-state index is 0.194. The van der Waals surface area contributed by atoms with Crippen molar-refractivity contribution in [2.75, 3.05) is 11.1 Å². The fraction of sp³-hybridized carbons (Fsp3) is 0.114. The third-order valence-corrected chi connectivity index (χ3v) is 9.92. The summed E-state index contributed by atoms with van der Waals surface area (Å²) < 4.78 is 23.9. The predicted molar refractivity (Wildman–Crippen MR) is 199 cm³/mol. The molecule has 0 fully saturated rings. The molecule has 5 aromatic rings. The van der Waals surface area contributed by atoms with Gasteiger partial charge in [0, 0.05) is 44.4 Å². The van der Waals surface area contributed by atoms with Gasteiger partial charge in [-0.3, -0.25) is 24.5 Å². The Morgan fingerprint density at radius 1 is 0.714 bits per heavy atom. The summed E-state index contributed by atoms with van der Waals surface area (Å²) >= 11 is 1.53. The Hall–Kier alpha value is -5.18. The number of aromatic nitrogens is 2. The molecule has 0 unspecified atom stereocenters. The molecule has 0 aliphatic rings. The van der Waals surface area contributed by atoms with Gasteiger partial charge in [0.15, 0.2) is 5.17 Å². The van der Waals surface area contributed by atoms with Crippen LogP contribution in [0.5, 0.6) is 0 Å². The number of aliphatic imine (C=N–C) groups is 1. The molecule has 49 heavy (non-hydrogen) atoms. The van der Waals surface area contributed by atoms with Crippen LogP contribution in [0.25, 0.3) is 0 Å². The van der Waals surface area contributed by atoms with Crippen LogP contribution >= 0.6 is 22.6 Å². The van der Waals surface area contributed by atoms with E-state index in [1.54, 1.807) is 66.9 Å². The predicted octanol–water partition coefficient (Wildman–Crippen LogP) is 6.47. The van der Waals surface area contributed by atoms with E-state index >= 15 is 0 Å². The van der Waals surface area contributed by atoms with Crippen molar-refractivity contribution >= 4 is 59.8 Å². The number of hydrogen-bond donors (Lipinski definition) is 4. The van der Waals surface area contributed by atoms with Crippen LogP contribution in [0.15, 0.2) is 147 Å². The van der Waals surface area contributed by atoms with Gasteiger partial charge in [0.1, 0.15) is 11.4 Å². The molecule has 0 aliphatic heterocycles. The number of benzene rings is 3. The first-order valence-corrected chi connectivity index (χ1v) is 18.3. The highest BCUT2D eigenvalue weighted by atomic mass is 33.1. The summed E-state index contributed by atoms with van der Waals surface area (Å²) in [6.45, 7) is 6.09. The Labute approximate surface area is 294 Å². The van der Waals surface area contributed by atoms with Gasteiger partial charge in [0.25, 0.3) is 11.8 Å². The van der Waals surface area contributed by atoms with Gasteiger partial charge < -0.3 is 22.5 Å². The highest BCUT2D eigenvalue weighted by Crippen LogP contribution is 2.30. The molecule has 0 bridgehead atoms. The number of nitrogens with one attached hydrogen (secondary N) is 1. The maximum atomic E-state index is 12.0. The number of nitrogen functional groups attached to an aromatic ring is 1.